The van der Waals surface area contributed by atoms with Crippen molar-refractivity contribution >= 4 is 17.4 Å². The molecule has 37 heavy (non-hydrogen) atoms. The quantitative estimate of drug-likeness (QED) is 0.273. The number of nitrogens with zero attached hydrogens (tertiary/aromatic N) is 3. The van der Waals surface area contributed by atoms with Gasteiger partial charge < -0.3 is 29.2 Å². The lowest BCUT2D eigenvalue weighted by atomic mass is 9.94. The van der Waals surface area contributed by atoms with Crippen molar-refractivity contribution in [3.05, 3.63) is 77.4 Å². The van der Waals surface area contributed by atoms with Crippen molar-refractivity contribution in [2.45, 2.75) is 45.4 Å². The van der Waals surface area contributed by atoms with Crippen LogP contribution in [0.25, 0.3) is 5.76 Å². The Bertz CT molecular complexity index is 1360. The van der Waals surface area contributed by atoms with E-state index in [1.165, 1.54) is 11.0 Å². The lowest BCUT2D eigenvalue weighted by molar-refractivity contribution is -0.139. The van der Waals surface area contributed by atoms with Crippen LogP contribution >= 0.6 is 0 Å². The highest BCUT2D eigenvalue weighted by Crippen LogP contribution is 2.42. The Morgan fingerprint density at radius 2 is 2.03 bits per heavy atom. The Balaban J connectivity index is 1.56. The van der Waals surface area contributed by atoms with Crippen molar-refractivity contribution in [3.8, 4) is 17.2 Å². The summed E-state index contributed by atoms with van der Waals surface area (Å²) < 4.78 is 13.2. The topological polar surface area (TPSA) is 114 Å². The van der Waals surface area contributed by atoms with Crippen LogP contribution in [0.5, 0.6) is 17.2 Å². The standard InChI is InChI=1S/C28H29N3O6/c1-3-36-23-15-18(5-7-21(23)32)25-24(26(33)19-6-8-22-20(14-19)13-17(2)37-22)27(34)28(35)31(25)11-4-10-30-12-9-29-16-30/h5-9,12,14-17,25,32-33H,3-4,10-11,13H2,1-2H3/b26-24+/t17-,25+/m0/s1. The monoisotopic (exact) mass is 503 g/mol. The average molecular weight is 504 g/mol. The molecule has 9 heteroatoms. The summed E-state index contributed by atoms with van der Waals surface area (Å²) in [6.45, 7) is 4.99. The number of aromatic hydroxyl groups is 1. The smallest absolute Gasteiger partial charge is 0.295 e. The minimum atomic E-state index is -0.842. The zero-order chi connectivity index (χ0) is 26.1. The van der Waals surface area contributed by atoms with Crippen LogP contribution in [-0.4, -0.2) is 55.6 Å². The van der Waals surface area contributed by atoms with Crippen molar-refractivity contribution in [1.82, 2.24) is 14.5 Å². The molecule has 0 unspecified atom stereocenters. The predicted molar refractivity (Wildman–Crippen MR) is 135 cm³/mol. The number of amides is 1. The summed E-state index contributed by atoms with van der Waals surface area (Å²) in [7, 11) is 0. The van der Waals surface area contributed by atoms with Gasteiger partial charge in [-0.05, 0) is 61.7 Å². The second kappa shape index (κ2) is 10.0. The SMILES string of the molecule is CCOc1cc([C@@H]2/C(=C(\O)c3ccc4c(c3)C[C@H](C)O4)C(=O)C(=O)N2CCCn2ccnc2)ccc1O. The number of carbonyl (C=O) groups is 2. The molecule has 3 heterocycles. The summed E-state index contributed by atoms with van der Waals surface area (Å²) >= 11 is 0. The van der Waals surface area contributed by atoms with Crippen LogP contribution < -0.4 is 9.47 Å². The van der Waals surface area contributed by atoms with E-state index in [2.05, 4.69) is 4.98 Å². The number of ketones is 1. The van der Waals surface area contributed by atoms with Gasteiger partial charge >= 0.3 is 0 Å². The number of Topliss-reactive ketones (excluding diaryl/α,β-unsaturated/α-hetero) is 1. The normalized spacial score (nSPS) is 20.2. The third kappa shape index (κ3) is 4.64. The number of phenolic OH excluding ortho intramolecular Hbond substituents is 1. The Kier molecular flexibility index (Phi) is 6.60. The molecule has 1 saturated heterocycles. The zero-order valence-electron chi connectivity index (χ0n) is 20.8. The molecule has 0 aliphatic carbocycles. The number of hydrogen-bond acceptors (Lipinski definition) is 7. The average Bonchev–Trinajstić information content (AvgIpc) is 3.59. The Hall–Kier alpha value is -4.27. The van der Waals surface area contributed by atoms with Crippen molar-refractivity contribution in [2.75, 3.05) is 13.2 Å². The van der Waals surface area contributed by atoms with E-state index in [1.54, 1.807) is 49.8 Å². The van der Waals surface area contributed by atoms with Crippen molar-refractivity contribution in [1.29, 1.82) is 0 Å². The Morgan fingerprint density at radius 1 is 1.19 bits per heavy atom. The van der Waals surface area contributed by atoms with Gasteiger partial charge in [-0.2, -0.15) is 0 Å². The fourth-order valence-corrected chi connectivity index (χ4v) is 5.00. The first-order chi connectivity index (χ1) is 17.9. The van der Waals surface area contributed by atoms with Gasteiger partial charge in [0.15, 0.2) is 11.5 Å². The van der Waals surface area contributed by atoms with E-state index in [9.17, 15) is 19.8 Å². The molecular weight excluding hydrogens is 474 g/mol. The molecule has 2 N–H and O–H groups in total. The Morgan fingerprint density at radius 3 is 2.78 bits per heavy atom. The molecule has 1 fully saturated rings. The molecular formula is C28H29N3O6. The Labute approximate surface area is 214 Å². The van der Waals surface area contributed by atoms with Crippen molar-refractivity contribution in [3.63, 3.8) is 0 Å². The fraction of sp³-hybridized carbons (Fsp3) is 0.321. The first-order valence-electron chi connectivity index (χ1n) is 12.4. The van der Waals surface area contributed by atoms with Crippen LogP contribution in [-0.2, 0) is 22.6 Å². The summed E-state index contributed by atoms with van der Waals surface area (Å²) in [5.41, 5.74) is 1.95. The van der Waals surface area contributed by atoms with E-state index >= 15 is 0 Å². The second-order valence-electron chi connectivity index (χ2n) is 9.26. The number of phenols is 1. The maximum Gasteiger partial charge on any atom is 0.295 e. The number of aliphatic hydroxyl groups is 1. The molecule has 2 aromatic carbocycles. The maximum absolute atomic E-state index is 13.3. The summed E-state index contributed by atoms with van der Waals surface area (Å²) in [6, 6.07) is 9.16. The first kappa shape index (κ1) is 24.4. The maximum atomic E-state index is 13.3. The lowest BCUT2D eigenvalue weighted by Crippen LogP contribution is -2.31. The molecule has 0 radical (unpaired) electrons. The number of rotatable bonds is 8. The van der Waals surface area contributed by atoms with Crippen LogP contribution in [0.2, 0.25) is 0 Å². The molecule has 2 atom stereocenters. The molecule has 192 valence electrons. The number of benzene rings is 2. The molecule has 9 nitrogen and oxygen atoms in total. The van der Waals surface area contributed by atoms with Gasteiger partial charge in [-0.15, -0.1) is 0 Å². The van der Waals surface area contributed by atoms with Gasteiger partial charge in [-0.25, -0.2) is 4.98 Å². The first-order valence-corrected chi connectivity index (χ1v) is 12.4. The van der Waals surface area contributed by atoms with E-state index in [-0.39, 0.29) is 35.5 Å². The number of aliphatic hydroxyl groups excluding tert-OH is 1. The molecule has 1 aromatic heterocycles. The van der Waals surface area contributed by atoms with Crippen LogP contribution in [0.3, 0.4) is 0 Å². The van der Waals surface area contributed by atoms with Gasteiger partial charge in [0, 0.05) is 37.5 Å². The minimum absolute atomic E-state index is 0.00711. The molecule has 2 aliphatic rings. The summed E-state index contributed by atoms with van der Waals surface area (Å²) in [6.07, 6.45) is 6.50. The lowest BCUT2D eigenvalue weighted by Gasteiger charge is -2.26. The van der Waals surface area contributed by atoms with Gasteiger partial charge in [-0.3, -0.25) is 9.59 Å². The van der Waals surface area contributed by atoms with E-state index in [0.717, 1.165) is 11.3 Å². The van der Waals surface area contributed by atoms with Gasteiger partial charge in [-0.1, -0.05) is 6.07 Å². The molecule has 1 amide bonds. The molecule has 3 aromatic rings. The van der Waals surface area contributed by atoms with Gasteiger partial charge in [0.1, 0.15) is 17.6 Å². The molecule has 0 spiro atoms. The molecule has 0 saturated carbocycles. The largest absolute Gasteiger partial charge is 0.507 e. The van der Waals surface area contributed by atoms with Crippen LogP contribution in [0.4, 0.5) is 0 Å². The van der Waals surface area contributed by atoms with E-state index in [0.29, 0.717) is 37.1 Å². The number of imidazole rings is 1. The van der Waals surface area contributed by atoms with E-state index < -0.39 is 17.7 Å². The molecule has 5 rings (SSSR count). The third-order valence-corrected chi connectivity index (χ3v) is 6.68. The number of fused-ring (bicyclic) bond motifs is 1. The van der Waals surface area contributed by atoms with Crippen molar-refractivity contribution in [2.24, 2.45) is 0 Å². The summed E-state index contributed by atoms with van der Waals surface area (Å²) in [5, 5.41) is 21.6. The number of hydrogen-bond donors (Lipinski definition) is 2. The van der Waals surface area contributed by atoms with Crippen molar-refractivity contribution < 1.29 is 29.3 Å². The van der Waals surface area contributed by atoms with Gasteiger partial charge in [0.25, 0.3) is 11.7 Å². The second-order valence-corrected chi connectivity index (χ2v) is 9.26. The highest BCUT2D eigenvalue weighted by molar-refractivity contribution is 6.46. The predicted octanol–water partition coefficient (Wildman–Crippen LogP) is 3.82. The number of aromatic nitrogens is 2. The fourth-order valence-electron chi connectivity index (χ4n) is 5.00. The van der Waals surface area contributed by atoms with E-state index in [4.69, 9.17) is 9.47 Å². The van der Waals surface area contributed by atoms with Crippen LogP contribution in [0.15, 0.2) is 60.7 Å². The molecule has 0 bridgehead atoms. The number of carbonyl (C=O) groups excluding carboxylic acids is 2. The number of ether oxygens (including phenoxy) is 2. The number of aryl methyl sites for hydroxylation is 1. The highest BCUT2D eigenvalue weighted by atomic mass is 16.5. The zero-order valence-corrected chi connectivity index (χ0v) is 20.8. The summed E-state index contributed by atoms with van der Waals surface area (Å²) in [5.74, 6) is -0.722. The van der Waals surface area contributed by atoms with Crippen LogP contribution in [0.1, 0.15) is 43.0 Å². The highest BCUT2D eigenvalue weighted by Gasteiger charge is 2.46. The summed E-state index contributed by atoms with van der Waals surface area (Å²) in [4.78, 5) is 32.1. The van der Waals surface area contributed by atoms with Gasteiger partial charge in [0.2, 0.25) is 0 Å². The minimum Gasteiger partial charge on any atom is -0.507 e. The third-order valence-electron chi connectivity index (χ3n) is 6.68. The van der Waals surface area contributed by atoms with E-state index in [1.807, 2.05) is 17.7 Å². The molecule has 2 aliphatic heterocycles. The van der Waals surface area contributed by atoms with Crippen LogP contribution in [0, 0.1) is 0 Å². The van der Waals surface area contributed by atoms with Gasteiger partial charge in [0.05, 0.1) is 24.5 Å². The number of likely N-dealkylation sites (tertiary alicyclic amines) is 1.